The molecule has 0 unspecified atom stereocenters. The Morgan fingerprint density at radius 1 is 0.921 bits per heavy atom. The fourth-order valence-electron chi connectivity index (χ4n) is 4.38. The van der Waals surface area contributed by atoms with Gasteiger partial charge >= 0.3 is 0 Å². The van der Waals surface area contributed by atoms with Crippen molar-refractivity contribution in [3.63, 3.8) is 0 Å². The van der Waals surface area contributed by atoms with E-state index in [1.54, 1.807) is 4.90 Å². The van der Waals surface area contributed by atoms with Crippen molar-refractivity contribution < 1.29 is 47.8 Å². The second kappa shape index (κ2) is 20.6. The first-order chi connectivity index (χ1) is 18.6. The van der Waals surface area contributed by atoms with Crippen molar-refractivity contribution in [2.24, 2.45) is 17.8 Å². The van der Waals surface area contributed by atoms with E-state index in [1.165, 1.54) is 0 Å². The number of nitrogens with zero attached hydrogens (tertiary/aromatic N) is 1. The highest BCUT2D eigenvalue weighted by atomic mass is 16.7. The Bertz CT molecular complexity index is 631. The molecule has 0 aromatic carbocycles. The van der Waals surface area contributed by atoms with Gasteiger partial charge in [-0.15, -0.1) is 0 Å². The number of carbonyl (C=O) groups excluding carboxylic acids is 1. The van der Waals surface area contributed by atoms with E-state index in [4.69, 9.17) is 43.0 Å². The molecule has 2 heterocycles. The zero-order chi connectivity index (χ0) is 27.4. The zero-order valence-electron chi connectivity index (χ0n) is 23.5. The minimum absolute atomic E-state index is 0.000301. The van der Waals surface area contributed by atoms with E-state index >= 15 is 0 Å². The third-order valence-corrected chi connectivity index (χ3v) is 6.36. The van der Waals surface area contributed by atoms with E-state index < -0.39 is 6.29 Å². The third kappa shape index (κ3) is 12.7. The van der Waals surface area contributed by atoms with Gasteiger partial charge in [0.2, 0.25) is 6.29 Å². The van der Waals surface area contributed by atoms with E-state index in [-0.39, 0.29) is 30.3 Å². The van der Waals surface area contributed by atoms with E-state index in [9.17, 15) is 4.79 Å². The minimum Gasteiger partial charge on any atom is -0.459 e. The molecule has 0 aromatic heterocycles. The van der Waals surface area contributed by atoms with Crippen LogP contribution in [0.5, 0.6) is 0 Å². The van der Waals surface area contributed by atoms with Crippen LogP contribution in [0.15, 0.2) is 11.8 Å². The fraction of sp³-hybridized carbons (Fsp3) is 0.889. The number of allylic oxidation sites excluding steroid dienone is 1. The Morgan fingerprint density at radius 3 is 2.00 bits per heavy atom. The first kappa shape index (κ1) is 32.9. The molecule has 38 heavy (non-hydrogen) atoms. The molecule has 0 bridgehead atoms. The normalized spacial score (nSPS) is 24.8. The van der Waals surface area contributed by atoms with Crippen molar-refractivity contribution in [3.05, 3.63) is 11.8 Å². The molecule has 11 nitrogen and oxygen atoms in total. The molecule has 0 aliphatic carbocycles. The molecule has 1 N–H and O–H groups in total. The average molecular weight is 548 g/mol. The predicted molar refractivity (Wildman–Crippen MR) is 140 cm³/mol. The molecule has 2 aliphatic heterocycles. The van der Waals surface area contributed by atoms with Gasteiger partial charge in [-0.1, -0.05) is 13.8 Å². The topological polar surface area (TPSA) is 114 Å². The van der Waals surface area contributed by atoms with E-state index in [1.807, 2.05) is 13.0 Å². The summed E-state index contributed by atoms with van der Waals surface area (Å²) in [4.78, 5) is 15.3. The molecule has 1 amide bonds. The van der Waals surface area contributed by atoms with Crippen LogP contribution in [0.4, 0.5) is 0 Å². The SMILES string of the molecule is CCO[C@@H]1OC(C(=O)N2CCOCCOCCOCCOCC2)=C[C@H](C(C)C)[C@@H]1CCOCCOCCO. The van der Waals surface area contributed by atoms with E-state index in [2.05, 4.69) is 13.8 Å². The van der Waals surface area contributed by atoms with Gasteiger partial charge in [0.1, 0.15) is 0 Å². The van der Waals surface area contributed by atoms with Crippen LogP contribution in [0.2, 0.25) is 0 Å². The summed E-state index contributed by atoms with van der Waals surface area (Å²) in [7, 11) is 0. The largest absolute Gasteiger partial charge is 0.459 e. The summed E-state index contributed by atoms with van der Waals surface area (Å²) < 4.78 is 45.5. The van der Waals surface area contributed by atoms with Crippen LogP contribution in [0.1, 0.15) is 27.2 Å². The Labute approximate surface area is 227 Å². The van der Waals surface area contributed by atoms with Crippen LogP contribution in [-0.4, -0.2) is 128 Å². The Kier molecular flexibility index (Phi) is 17.8. The number of carbonyl (C=O) groups is 1. The lowest BCUT2D eigenvalue weighted by Gasteiger charge is -2.39. The number of hydrogen-bond donors (Lipinski definition) is 1. The van der Waals surface area contributed by atoms with Gasteiger partial charge in [0.05, 0.1) is 79.3 Å². The molecule has 1 saturated heterocycles. The molecule has 2 rings (SSSR count). The maximum atomic E-state index is 13.6. The lowest BCUT2D eigenvalue weighted by Crippen LogP contribution is -2.44. The summed E-state index contributed by atoms with van der Waals surface area (Å²) in [6.45, 7) is 12.9. The van der Waals surface area contributed by atoms with Gasteiger partial charge in [-0.2, -0.15) is 0 Å². The van der Waals surface area contributed by atoms with Crippen molar-refractivity contribution in [2.45, 2.75) is 33.5 Å². The highest BCUT2D eigenvalue weighted by Gasteiger charge is 2.39. The van der Waals surface area contributed by atoms with Crippen molar-refractivity contribution in [1.82, 2.24) is 4.90 Å². The first-order valence-corrected chi connectivity index (χ1v) is 13.9. The van der Waals surface area contributed by atoms with E-state index in [0.29, 0.717) is 105 Å². The Hall–Kier alpha value is -1.31. The van der Waals surface area contributed by atoms with Crippen molar-refractivity contribution in [1.29, 1.82) is 0 Å². The lowest BCUT2D eigenvalue weighted by molar-refractivity contribution is -0.180. The molecule has 0 saturated carbocycles. The second-order valence-electron chi connectivity index (χ2n) is 9.44. The maximum Gasteiger partial charge on any atom is 0.288 e. The standard InChI is InChI=1S/C27H49NO10/c1-4-37-27-23(5-9-31-13-16-34-12-8-29)24(22(2)3)21-25(38-27)26(30)28-6-10-32-14-17-35-19-20-36-18-15-33-11-7-28/h21-24,27,29H,4-20H2,1-3H3/t23-,24+,27+/m0/s1. The molecule has 0 spiro atoms. The number of hydrogen-bond acceptors (Lipinski definition) is 10. The van der Waals surface area contributed by atoms with Gasteiger partial charge in [0, 0.05) is 32.2 Å². The number of ether oxygens (including phenoxy) is 8. The van der Waals surface area contributed by atoms with Crippen molar-refractivity contribution in [2.75, 3.05) is 106 Å². The van der Waals surface area contributed by atoms with Gasteiger partial charge in [0.15, 0.2) is 5.76 Å². The summed E-state index contributed by atoms with van der Waals surface area (Å²) in [6, 6.07) is 0. The molecule has 2 aliphatic rings. The summed E-state index contributed by atoms with van der Waals surface area (Å²) in [6.07, 6.45) is 2.13. The second-order valence-corrected chi connectivity index (χ2v) is 9.44. The van der Waals surface area contributed by atoms with Crippen LogP contribution < -0.4 is 0 Å². The number of aliphatic hydroxyl groups is 1. The molecule has 0 aromatic rings. The summed E-state index contributed by atoms with van der Waals surface area (Å²) in [5.41, 5.74) is 0. The number of amides is 1. The molecule has 222 valence electrons. The van der Waals surface area contributed by atoms with Gasteiger partial charge in [-0.25, -0.2) is 0 Å². The van der Waals surface area contributed by atoms with Gasteiger partial charge < -0.3 is 47.9 Å². The molecular weight excluding hydrogens is 498 g/mol. The highest BCUT2D eigenvalue weighted by Crippen LogP contribution is 2.36. The molecule has 3 atom stereocenters. The molecule has 0 radical (unpaired) electrons. The molecule has 1 fully saturated rings. The molecular formula is C27H49NO10. The van der Waals surface area contributed by atoms with Crippen molar-refractivity contribution >= 4 is 5.91 Å². The van der Waals surface area contributed by atoms with Crippen LogP contribution in [0.3, 0.4) is 0 Å². The van der Waals surface area contributed by atoms with Crippen LogP contribution in [-0.2, 0) is 42.7 Å². The van der Waals surface area contributed by atoms with Gasteiger partial charge in [-0.3, -0.25) is 4.79 Å². The van der Waals surface area contributed by atoms with Gasteiger partial charge in [-0.05, 0) is 31.3 Å². The Balaban J connectivity index is 2.04. The maximum absolute atomic E-state index is 13.6. The third-order valence-electron chi connectivity index (χ3n) is 6.36. The summed E-state index contributed by atoms with van der Waals surface area (Å²) >= 11 is 0. The summed E-state index contributed by atoms with van der Waals surface area (Å²) in [5, 5.41) is 8.80. The monoisotopic (exact) mass is 547 g/mol. The number of aliphatic hydroxyl groups excluding tert-OH is 1. The lowest BCUT2D eigenvalue weighted by atomic mass is 9.79. The van der Waals surface area contributed by atoms with Crippen molar-refractivity contribution in [3.8, 4) is 0 Å². The zero-order valence-corrected chi connectivity index (χ0v) is 23.5. The number of rotatable bonds is 12. The van der Waals surface area contributed by atoms with Gasteiger partial charge in [0.25, 0.3) is 5.91 Å². The minimum atomic E-state index is -0.546. The average Bonchev–Trinajstić information content (AvgIpc) is 2.92. The summed E-state index contributed by atoms with van der Waals surface area (Å²) in [5.74, 6) is 0.511. The first-order valence-electron chi connectivity index (χ1n) is 13.9. The predicted octanol–water partition coefficient (Wildman–Crippen LogP) is 1.48. The van der Waals surface area contributed by atoms with Crippen LogP contribution in [0, 0.1) is 17.8 Å². The smallest absolute Gasteiger partial charge is 0.288 e. The quantitative estimate of drug-likeness (QED) is 0.360. The Morgan fingerprint density at radius 2 is 1.47 bits per heavy atom. The highest BCUT2D eigenvalue weighted by molar-refractivity contribution is 5.91. The molecule has 11 heteroatoms. The van der Waals surface area contributed by atoms with Crippen LogP contribution in [0.25, 0.3) is 0 Å². The van der Waals surface area contributed by atoms with Crippen LogP contribution >= 0.6 is 0 Å². The fourth-order valence-corrected chi connectivity index (χ4v) is 4.38. The van der Waals surface area contributed by atoms with E-state index in [0.717, 1.165) is 6.42 Å².